The minimum Gasteiger partial charge on any atom is -0.481 e. The van der Waals surface area contributed by atoms with Crippen molar-refractivity contribution >= 4 is 29.6 Å². The Balaban J connectivity index is 0.000000633. The fourth-order valence-corrected chi connectivity index (χ4v) is 3.77. The summed E-state index contributed by atoms with van der Waals surface area (Å²) < 4.78 is 31.7. The van der Waals surface area contributed by atoms with Gasteiger partial charge < -0.3 is 25.5 Å². The number of carbonyl (C=O) groups excluding carboxylic acids is 2. The molecule has 2 rings (SSSR count). The third-order valence-corrected chi connectivity index (χ3v) is 5.33. The van der Waals surface area contributed by atoms with E-state index in [0.717, 1.165) is 32.2 Å². The second-order valence-electron chi connectivity index (χ2n) is 7.66. The number of ketones is 1. The number of carbonyl (C=O) groups is 5. The molecule has 0 bridgehead atoms. The third-order valence-electron chi connectivity index (χ3n) is 5.33. The van der Waals surface area contributed by atoms with Crippen molar-refractivity contribution in [3.05, 3.63) is 0 Å². The number of carboxylic acid groups (broad SMARTS) is 3. The SMILES string of the molecule is O=C(O)C(F)(F)F.O=C(O)CC[C@H](CC(=O)[C@@H]1CC[C@H]2CCCCNCC(=O)N21)C(=O)O. The number of halogens is 3. The van der Waals surface area contributed by atoms with Crippen molar-refractivity contribution in [1.29, 1.82) is 0 Å². The monoisotopic (exact) mass is 468 g/mol. The van der Waals surface area contributed by atoms with E-state index >= 15 is 0 Å². The topological polar surface area (TPSA) is 161 Å². The maximum atomic E-state index is 12.7. The molecule has 0 spiro atoms. The van der Waals surface area contributed by atoms with Crippen molar-refractivity contribution in [1.82, 2.24) is 10.2 Å². The van der Waals surface area contributed by atoms with E-state index in [9.17, 15) is 37.5 Å². The molecule has 0 aromatic rings. The molecule has 2 saturated heterocycles. The largest absolute Gasteiger partial charge is 0.490 e. The minimum atomic E-state index is -5.08. The molecule has 2 aliphatic rings. The van der Waals surface area contributed by atoms with Gasteiger partial charge in [0.1, 0.15) is 0 Å². The number of alkyl halides is 3. The molecule has 182 valence electrons. The van der Waals surface area contributed by atoms with Crippen LogP contribution in [0.2, 0.25) is 0 Å². The summed E-state index contributed by atoms with van der Waals surface area (Å²) in [4.78, 5) is 57.7. The highest BCUT2D eigenvalue weighted by molar-refractivity contribution is 5.92. The Morgan fingerprint density at radius 2 is 1.69 bits per heavy atom. The lowest BCUT2D eigenvalue weighted by molar-refractivity contribution is -0.192. The first kappa shape index (κ1) is 27.3. The molecule has 13 heteroatoms. The van der Waals surface area contributed by atoms with E-state index < -0.39 is 36.0 Å². The van der Waals surface area contributed by atoms with Crippen LogP contribution in [0.4, 0.5) is 13.2 Å². The van der Waals surface area contributed by atoms with Gasteiger partial charge in [-0.25, -0.2) is 4.79 Å². The molecule has 32 heavy (non-hydrogen) atoms. The van der Waals surface area contributed by atoms with Gasteiger partial charge in [0.2, 0.25) is 5.91 Å². The number of nitrogens with one attached hydrogen (secondary N) is 1. The number of hydrogen-bond donors (Lipinski definition) is 4. The molecule has 3 atom stereocenters. The van der Waals surface area contributed by atoms with Gasteiger partial charge in [0.25, 0.3) is 0 Å². The Morgan fingerprint density at radius 3 is 2.22 bits per heavy atom. The van der Waals surface area contributed by atoms with Crippen LogP contribution in [0, 0.1) is 5.92 Å². The molecular formula is C19H27F3N2O8. The van der Waals surface area contributed by atoms with Crippen LogP contribution in [0.15, 0.2) is 0 Å². The number of amides is 1. The Hall–Kier alpha value is -2.70. The van der Waals surface area contributed by atoms with E-state index in [1.165, 1.54) is 0 Å². The summed E-state index contributed by atoms with van der Waals surface area (Å²) in [6.07, 6.45) is -1.53. The van der Waals surface area contributed by atoms with Gasteiger partial charge in [0, 0.05) is 18.9 Å². The summed E-state index contributed by atoms with van der Waals surface area (Å²) in [7, 11) is 0. The Bertz CT molecular complexity index is 713. The maximum Gasteiger partial charge on any atom is 0.490 e. The fraction of sp³-hybridized carbons (Fsp3) is 0.737. The Morgan fingerprint density at radius 1 is 1.06 bits per heavy atom. The second-order valence-corrected chi connectivity index (χ2v) is 7.66. The lowest BCUT2D eigenvalue weighted by Gasteiger charge is -2.30. The van der Waals surface area contributed by atoms with Crippen LogP contribution < -0.4 is 5.32 Å². The first-order chi connectivity index (χ1) is 14.8. The Labute approximate surface area is 181 Å². The zero-order valence-electron chi connectivity index (χ0n) is 17.3. The summed E-state index contributed by atoms with van der Waals surface area (Å²) in [6.45, 7) is 0.975. The lowest BCUT2D eigenvalue weighted by atomic mass is 9.93. The first-order valence-corrected chi connectivity index (χ1v) is 10.1. The minimum absolute atomic E-state index is 0.0450. The molecule has 2 heterocycles. The van der Waals surface area contributed by atoms with Crippen molar-refractivity contribution in [3.63, 3.8) is 0 Å². The summed E-state index contributed by atoms with van der Waals surface area (Å²) in [5.41, 5.74) is 0. The first-order valence-electron chi connectivity index (χ1n) is 10.1. The molecular weight excluding hydrogens is 441 g/mol. The number of nitrogens with zero attached hydrogens (tertiary/aromatic N) is 1. The molecule has 0 radical (unpaired) electrons. The molecule has 0 aromatic heterocycles. The van der Waals surface area contributed by atoms with Crippen LogP contribution in [0.1, 0.15) is 51.4 Å². The van der Waals surface area contributed by atoms with Gasteiger partial charge in [-0.1, -0.05) is 6.42 Å². The van der Waals surface area contributed by atoms with Crippen LogP contribution in [0.3, 0.4) is 0 Å². The lowest BCUT2D eigenvalue weighted by Crippen LogP contribution is -2.48. The van der Waals surface area contributed by atoms with E-state index in [1.807, 2.05) is 0 Å². The molecule has 10 nitrogen and oxygen atoms in total. The van der Waals surface area contributed by atoms with E-state index in [1.54, 1.807) is 4.90 Å². The number of fused-ring (bicyclic) bond motifs is 1. The zero-order valence-corrected chi connectivity index (χ0v) is 17.3. The highest BCUT2D eigenvalue weighted by Crippen LogP contribution is 2.30. The maximum absolute atomic E-state index is 12.7. The number of aliphatic carboxylic acids is 3. The predicted molar refractivity (Wildman–Crippen MR) is 102 cm³/mol. The number of hydrogen-bond acceptors (Lipinski definition) is 6. The van der Waals surface area contributed by atoms with Gasteiger partial charge in [-0.05, 0) is 38.6 Å². The number of carboxylic acids is 3. The number of rotatable bonds is 7. The summed E-state index contributed by atoms with van der Waals surface area (Å²) >= 11 is 0. The van der Waals surface area contributed by atoms with Gasteiger partial charge in [0.05, 0.1) is 18.5 Å². The van der Waals surface area contributed by atoms with Gasteiger partial charge in [0.15, 0.2) is 5.78 Å². The molecule has 0 aliphatic carbocycles. The van der Waals surface area contributed by atoms with E-state index in [4.69, 9.17) is 15.0 Å². The van der Waals surface area contributed by atoms with Crippen LogP contribution >= 0.6 is 0 Å². The average Bonchev–Trinajstić information content (AvgIpc) is 3.12. The van der Waals surface area contributed by atoms with Gasteiger partial charge in [-0.2, -0.15) is 13.2 Å². The summed E-state index contributed by atoms with van der Waals surface area (Å²) in [6, 6.07) is -0.535. The van der Waals surface area contributed by atoms with Crippen LogP contribution in [0.25, 0.3) is 0 Å². The molecule has 0 unspecified atom stereocenters. The molecule has 2 aliphatic heterocycles. The summed E-state index contributed by atoms with van der Waals surface area (Å²) in [5.74, 6) is -6.41. The normalized spacial score (nSPS) is 22.3. The van der Waals surface area contributed by atoms with E-state index in [0.29, 0.717) is 6.42 Å². The molecule has 0 saturated carbocycles. The molecule has 2 fully saturated rings. The van der Waals surface area contributed by atoms with Crippen molar-refractivity contribution in [3.8, 4) is 0 Å². The Kier molecular flexibility index (Phi) is 10.6. The standard InChI is InChI=1S/C17H26N2O6.C2HF3O2/c20-14(9-11(17(24)25)4-7-16(22)23)13-6-5-12-3-1-2-8-18-10-15(21)19(12)13;3-2(4,5)1(6)7/h11-13,18H,1-10H2,(H,22,23)(H,24,25);(H,6,7)/t11-,12-,13+;/m1./s1. The molecule has 1 amide bonds. The zero-order chi connectivity index (χ0) is 24.5. The van der Waals surface area contributed by atoms with Crippen molar-refractivity contribution in [2.24, 2.45) is 5.92 Å². The highest BCUT2D eigenvalue weighted by atomic mass is 19.4. The third kappa shape index (κ3) is 8.81. The smallest absolute Gasteiger partial charge is 0.481 e. The molecule has 4 N–H and O–H groups in total. The van der Waals surface area contributed by atoms with Crippen LogP contribution in [0.5, 0.6) is 0 Å². The number of Topliss-reactive ketones (excluding diaryl/α,β-unsaturated/α-hetero) is 1. The van der Waals surface area contributed by atoms with E-state index in [-0.39, 0.29) is 43.5 Å². The summed E-state index contributed by atoms with van der Waals surface area (Å²) in [5, 5.41) is 28.2. The predicted octanol–water partition coefficient (Wildman–Crippen LogP) is 1.28. The van der Waals surface area contributed by atoms with Crippen molar-refractivity contribution in [2.75, 3.05) is 13.1 Å². The second kappa shape index (κ2) is 12.4. The van der Waals surface area contributed by atoms with Crippen molar-refractivity contribution in [2.45, 2.75) is 69.6 Å². The van der Waals surface area contributed by atoms with Crippen LogP contribution in [-0.2, 0) is 24.0 Å². The van der Waals surface area contributed by atoms with Crippen LogP contribution in [-0.4, -0.2) is 81.2 Å². The highest BCUT2D eigenvalue weighted by Gasteiger charge is 2.41. The van der Waals surface area contributed by atoms with Gasteiger partial charge >= 0.3 is 24.1 Å². The molecule has 0 aromatic carbocycles. The fourth-order valence-electron chi connectivity index (χ4n) is 3.77. The van der Waals surface area contributed by atoms with Gasteiger partial charge in [-0.3, -0.25) is 19.2 Å². The van der Waals surface area contributed by atoms with E-state index in [2.05, 4.69) is 5.32 Å². The average molecular weight is 468 g/mol. The van der Waals surface area contributed by atoms with Crippen molar-refractivity contribution < 1.29 is 52.5 Å². The van der Waals surface area contributed by atoms with Gasteiger partial charge in [-0.15, -0.1) is 0 Å². The quantitative estimate of drug-likeness (QED) is 0.431.